The Kier molecular flexibility index (Phi) is 8.13. The predicted octanol–water partition coefficient (Wildman–Crippen LogP) is 5.12. The molecule has 9 heteroatoms. The summed E-state index contributed by atoms with van der Waals surface area (Å²) in [6.45, 7) is 5.19. The number of nitrogens with one attached hydrogen (secondary N) is 1. The summed E-state index contributed by atoms with van der Waals surface area (Å²) in [5.74, 6) is -2.25. The van der Waals surface area contributed by atoms with E-state index in [0.717, 1.165) is 21.9 Å². The van der Waals surface area contributed by atoms with Crippen LogP contribution in [0.2, 0.25) is 0 Å². The van der Waals surface area contributed by atoms with Gasteiger partial charge in [-0.2, -0.15) is 0 Å². The molecule has 9 nitrogen and oxygen atoms in total. The minimum Gasteiger partial charge on any atom is -0.481 e. The first kappa shape index (κ1) is 28.2. The number of hydrogen-bond donors (Lipinski definition) is 3. The SMILES string of the molecule is CCN(C(=O)c1ccc(C=Cc2ccc3ccc4nc(C)[nH]c(=O)c4c3c2)cc1)[C@](CC)(CCC(=O)O)C(=O)O. The first-order valence-corrected chi connectivity index (χ1v) is 13.1. The molecule has 0 spiro atoms. The van der Waals surface area contributed by atoms with Crippen molar-refractivity contribution in [1.29, 1.82) is 0 Å². The summed E-state index contributed by atoms with van der Waals surface area (Å²) >= 11 is 0. The number of aromatic amines is 1. The van der Waals surface area contributed by atoms with Gasteiger partial charge in [0, 0.05) is 18.5 Å². The maximum Gasteiger partial charge on any atom is 0.329 e. The van der Waals surface area contributed by atoms with E-state index in [1.807, 2.05) is 42.5 Å². The second-order valence-corrected chi connectivity index (χ2v) is 9.68. The average Bonchev–Trinajstić information content (AvgIpc) is 2.93. The molecule has 1 aromatic heterocycles. The molecule has 3 aromatic carbocycles. The lowest BCUT2D eigenvalue weighted by molar-refractivity contribution is -0.151. The summed E-state index contributed by atoms with van der Waals surface area (Å²) < 4.78 is 0. The molecule has 0 bridgehead atoms. The van der Waals surface area contributed by atoms with Crippen molar-refractivity contribution in [3.05, 3.63) is 87.5 Å². The van der Waals surface area contributed by atoms with Crippen LogP contribution < -0.4 is 5.56 Å². The van der Waals surface area contributed by atoms with Crippen molar-refractivity contribution in [2.24, 2.45) is 0 Å². The number of likely N-dealkylation sites (N-methyl/N-ethyl adjacent to an activating group) is 1. The minimum absolute atomic E-state index is 0.0819. The zero-order valence-corrected chi connectivity index (χ0v) is 22.6. The highest BCUT2D eigenvalue weighted by atomic mass is 16.4. The fourth-order valence-corrected chi connectivity index (χ4v) is 5.11. The number of fused-ring (bicyclic) bond motifs is 3. The van der Waals surface area contributed by atoms with Crippen LogP contribution in [-0.4, -0.2) is 55.0 Å². The zero-order valence-electron chi connectivity index (χ0n) is 22.6. The maximum atomic E-state index is 13.4. The van der Waals surface area contributed by atoms with Gasteiger partial charge in [0.2, 0.25) is 0 Å². The van der Waals surface area contributed by atoms with Crippen molar-refractivity contribution >= 4 is 51.7 Å². The van der Waals surface area contributed by atoms with Crippen LogP contribution in [0.15, 0.2) is 59.4 Å². The number of aromatic nitrogens is 2. The summed E-state index contributed by atoms with van der Waals surface area (Å²) in [6.07, 6.45) is 3.32. The van der Waals surface area contributed by atoms with E-state index >= 15 is 0 Å². The fourth-order valence-electron chi connectivity index (χ4n) is 5.11. The highest BCUT2D eigenvalue weighted by Crippen LogP contribution is 2.29. The molecule has 0 aliphatic heterocycles. The summed E-state index contributed by atoms with van der Waals surface area (Å²) in [4.78, 5) is 57.9. The molecule has 4 aromatic rings. The normalized spacial score (nSPS) is 13.0. The van der Waals surface area contributed by atoms with Gasteiger partial charge in [0.1, 0.15) is 11.4 Å². The first-order chi connectivity index (χ1) is 19.1. The number of aryl methyl sites for hydroxylation is 1. The van der Waals surface area contributed by atoms with Crippen molar-refractivity contribution in [3.63, 3.8) is 0 Å². The number of H-pyrrole nitrogens is 1. The van der Waals surface area contributed by atoms with Crippen LogP contribution in [-0.2, 0) is 9.59 Å². The number of nitrogens with zero attached hydrogens (tertiary/aromatic N) is 2. The Labute approximate surface area is 230 Å². The molecular weight excluding hydrogens is 510 g/mol. The molecule has 0 saturated heterocycles. The van der Waals surface area contributed by atoms with Crippen molar-refractivity contribution in [2.75, 3.05) is 6.54 Å². The van der Waals surface area contributed by atoms with Gasteiger partial charge in [0.05, 0.1) is 10.9 Å². The molecule has 0 unspecified atom stereocenters. The van der Waals surface area contributed by atoms with Gasteiger partial charge in [0.15, 0.2) is 0 Å². The lowest BCUT2D eigenvalue weighted by Crippen LogP contribution is -2.57. The Morgan fingerprint density at radius 2 is 1.62 bits per heavy atom. The second kappa shape index (κ2) is 11.5. The van der Waals surface area contributed by atoms with E-state index in [4.69, 9.17) is 5.11 Å². The van der Waals surface area contributed by atoms with Crippen LogP contribution in [0.5, 0.6) is 0 Å². The van der Waals surface area contributed by atoms with Crippen LogP contribution in [0.1, 0.15) is 60.4 Å². The number of benzene rings is 3. The number of aliphatic carboxylic acids is 2. The molecule has 0 aliphatic rings. The van der Waals surface area contributed by atoms with E-state index in [-0.39, 0.29) is 31.4 Å². The highest BCUT2D eigenvalue weighted by molar-refractivity contribution is 6.06. The number of carboxylic acids is 2. The third-order valence-electron chi connectivity index (χ3n) is 7.27. The van der Waals surface area contributed by atoms with E-state index in [9.17, 15) is 24.3 Å². The van der Waals surface area contributed by atoms with Gasteiger partial charge in [-0.3, -0.25) is 14.4 Å². The van der Waals surface area contributed by atoms with Crippen LogP contribution in [0.4, 0.5) is 0 Å². The third-order valence-corrected chi connectivity index (χ3v) is 7.27. The molecular formula is C31H31N3O6. The van der Waals surface area contributed by atoms with E-state index < -0.39 is 23.4 Å². The van der Waals surface area contributed by atoms with Crippen molar-refractivity contribution in [3.8, 4) is 0 Å². The van der Waals surface area contributed by atoms with Crippen LogP contribution in [0, 0.1) is 6.92 Å². The zero-order chi connectivity index (χ0) is 29.0. The maximum absolute atomic E-state index is 13.4. The quantitative estimate of drug-likeness (QED) is 0.187. The Morgan fingerprint density at radius 3 is 2.25 bits per heavy atom. The molecule has 4 rings (SSSR count). The highest BCUT2D eigenvalue weighted by Gasteiger charge is 2.44. The molecule has 40 heavy (non-hydrogen) atoms. The Morgan fingerprint density at radius 1 is 0.975 bits per heavy atom. The molecule has 0 radical (unpaired) electrons. The monoisotopic (exact) mass is 541 g/mol. The first-order valence-electron chi connectivity index (χ1n) is 13.1. The predicted molar refractivity (Wildman–Crippen MR) is 154 cm³/mol. The third kappa shape index (κ3) is 5.49. The van der Waals surface area contributed by atoms with Gasteiger partial charge in [0.25, 0.3) is 11.5 Å². The van der Waals surface area contributed by atoms with E-state index in [1.165, 1.54) is 4.90 Å². The van der Waals surface area contributed by atoms with Gasteiger partial charge in [-0.25, -0.2) is 9.78 Å². The molecule has 1 atom stereocenters. The summed E-state index contributed by atoms with van der Waals surface area (Å²) in [5.41, 5.74) is 0.845. The van der Waals surface area contributed by atoms with Gasteiger partial charge >= 0.3 is 11.9 Å². The summed E-state index contributed by atoms with van der Waals surface area (Å²) in [5, 5.41) is 21.4. The number of carbonyl (C=O) groups excluding carboxylic acids is 1. The van der Waals surface area contributed by atoms with E-state index in [1.54, 1.807) is 45.0 Å². The molecule has 206 valence electrons. The summed E-state index contributed by atoms with van der Waals surface area (Å²) in [7, 11) is 0. The van der Waals surface area contributed by atoms with Crippen molar-refractivity contribution in [2.45, 2.75) is 45.6 Å². The molecule has 1 heterocycles. The molecule has 0 fully saturated rings. The van der Waals surface area contributed by atoms with Crippen molar-refractivity contribution < 1.29 is 24.6 Å². The molecule has 1 amide bonds. The molecule has 0 saturated carbocycles. The van der Waals surface area contributed by atoms with Gasteiger partial charge < -0.3 is 20.1 Å². The Hall–Kier alpha value is -4.79. The second-order valence-electron chi connectivity index (χ2n) is 9.68. The fraction of sp³-hybridized carbons (Fsp3) is 0.258. The van der Waals surface area contributed by atoms with E-state index in [2.05, 4.69) is 9.97 Å². The average molecular weight is 542 g/mol. The topological polar surface area (TPSA) is 141 Å². The van der Waals surface area contributed by atoms with Crippen LogP contribution >= 0.6 is 0 Å². The number of carboxylic acid groups (broad SMARTS) is 2. The van der Waals surface area contributed by atoms with Crippen LogP contribution in [0.25, 0.3) is 33.8 Å². The van der Waals surface area contributed by atoms with E-state index in [0.29, 0.717) is 22.3 Å². The standard InChI is InChI=1S/C31H31N3O6/c1-4-31(30(39)40,17-16-26(35)36)34(5-2)29(38)23-12-8-20(9-13-23)6-7-21-10-11-22-14-15-25-27(24(22)18-21)28(37)33-19(3)32-25/h6-15,18H,4-5,16-17H2,1-3H3,(H,35,36)(H,39,40)(H,32,33,37)/t31-/m1/s1. The number of rotatable bonds is 10. The van der Waals surface area contributed by atoms with Crippen molar-refractivity contribution in [1.82, 2.24) is 14.9 Å². The number of carbonyl (C=O) groups is 3. The van der Waals surface area contributed by atoms with Gasteiger partial charge in [-0.05, 0) is 72.9 Å². The smallest absolute Gasteiger partial charge is 0.329 e. The Balaban J connectivity index is 1.60. The lowest BCUT2D eigenvalue weighted by atomic mass is 9.87. The number of amides is 1. The van der Waals surface area contributed by atoms with Crippen LogP contribution in [0.3, 0.4) is 0 Å². The summed E-state index contributed by atoms with van der Waals surface area (Å²) in [6, 6.07) is 16.4. The lowest BCUT2D eigenvalue weighted by Gasteiger charge is -2.39. The Bertz CT molecular complexity index is 1690. The number of hydrogen-bond acceptors (Lipinski definition) is 5. The molecule has 3 N–H and O–H groups in total. The molecule has 0 aliphatic carbocycles. The largest absolute Gasteiger partial charge is 0.481 e. The van der Waals surface area contributed by atoms with Gasteiger partial charge in [-0.1, -0.05) is 49.4 Å². The minimum atomic E-state index is -1.61. The van der Waals surface area contributed by atoms with Gasteiger partial charge in [-0.15, -0.1) is 0 Å².